The molecule has 0 unspecified atom stereocenters. The van der Waals surface area contributed by atoms with E-state index in [4.69, 9.17) is 5.73 Å². The number of nitrogens with one attached hydrogen (secondary N) is 1. The highest BCUT2D eigenvalue weighted by atomic mass is 19.4. The lowest BCUT2D eigenvalue weighted by Crippen LogP contribution is -2.17. The monoisotopic (exact) mass is 310 g/mol. The molecular weight excluding hydrogens is 297 g/mol. The zero-order valence-electron chi connectivity index (χ0n) is 11.4. The van der Waals surface area contributed by atoms with Crippen molar-refractivity contribution in [2.45, 2.75) is 12.9 Å². The molecule has 4 nitrogen and oxygen atoms in total. The van der Waals surface area contributed by atoms with Crippen LogP contribution in [0.4, 0.5) is 18.9 Å². The van der Waals surface area contributed by atoms with Gasteiger partial charge in [-0.1, -0.05) is 12.1 Å². The van der Waals surface area contributed by atoms with Gasteiger partial charge in [-0.15, -0.1) is 13.2 Å². The summed E-state index contributed by atoms with van der Waals surface area (Å²) in [5.41, 5.74) is 7.14. The molecule has 0 saturated heterocycles. The number of hydrogen-bond acceptors (Lipinski definition) is 3. The second-order valence-corrected chi connectivity index (χ2v) is 4.43. The quantitative estimate of drug-likeness (QED) is 0.910. The van der Waals surface area contributed by atoms with E-state index < -0.39 is 12.3 Å². The van der Waals surface area contributed by atoms with Crippen LogP contribution in [0, 0.1) is 0 Å². The van der Waals surface area contributed by atoms with Gasteiger partial charge in [0.2, 0.25) is 0 Å². The van der Waals surface area contributed by atoms with Crippen LogP contribution in [0.25, 0.3) is 0 Å². The number of carbonyl (C=O) groups excluding carboxylic acids is 1. The molecule has 0 fully saturated rings. The normalized spacial score (nSPS) is 11.1. The van der Waals surface area contributed by atoms with Crippen molar-refractivity contribution < 1.29 is 22.7 Å². The standard InChI is InChI=1S/C15H13F3N2O2/c16-15(17,18)22-13-6-4-11(5-7-13)14(21)20-12-3-1-2-10(8-12)9-19/h1-8H,9,19H2,(H,20,21). The lowest BCUT2D eigenvalue weighted by molar-refractivity contribution is -0.274. The molecule has 2 aromatic rings. The molecule has 116 valence electrons. The molecule has 0 heterocycles. The summed E-state index contributed by atoms with van der Waals surface area (Å²) >= 11 is 0. The average molecular weight is 310 g/mol. The van der Waals surface area contributed by atoms with E-state index in [1.165, 1.54) is 12.1 Å². The third-order valence-corrected chi connectivity index (χ3v) is 2.77. The van der Waals surface area contributed by atoms with Crippen molar-refractivity contribution in [1.29, 1.82) is 0 Å². The van der Waals surface area contributed by atoms with Crippen LogP contribution in [0.15, 0.2) is 48.5 Å². The molecule has 0 aromatic heterocycles. The SMILES string of the molecule is NCc1cccc(NC(=O)c2ccc(OC(F)(F)F)cc2)c1. The van der Waals surface area contributed by atoms with Gasteiger partial charge >= 0.3 is 6.36 Å². The van der Waals surface area contributed by atoms with Crippen LogP contribution in [-0.4, -0.2) is 12.3 Å². The predicted octanol–water partition coefficient (Wildman–Crippen LogP) is 3.30. The predicted molar refractivity (Wildman–Crippen MR) is 75.4 cm³/mol. The van der Waals surface area contributed by atoms with Crippen LogP contribution in [-0.2, 0) is 6.54 Å². The Labute approximate surface area is 124 Å². The maximum Gasteiger partial charge on any atom is 0.573 e. The lowest BCUT2D eigenvalue weighted by atomic mass is 10.1. The molecule has 0 saturated carbocycles. The third-order valence-electron chi connectivity index (χ3n) is 2.77. The fraction of sp³-hybridized carbons (Fsp3) is 0.133. The first-order valence-corrected chi connectivity index (χ1v) is 6.33. The Kier molecular flexibility index (Phi) is 4.67. The number of benzene rings is 2. The van der Waals surface area contributed by atoms with Gasteiger partial charge in [0.05, 0.1) is 0 Å². The highest BCUT2D eigenvalue weighted by Gasteiger charge is 2.31. The van der Waals surface area contributed by atoms with Crippen LogP contribution in [0.3, 0.4) is 0 Å². The van der Waals surface area contributed by atoms with Crippen molar-refractivity contribution in [2.24, 2.45) is 5.73 Å². The average Bonchev–Trinajstić information content (AvgIpc) is 2.46. The first-order valence-electron chi connectivity index (χ1n) is 6.33. The topological polar surface area (TPSA) is 64.3 Å². The number of carbonyl (C=O) groups is 1. The largest absolute Gasteiger partial charge is 0.573 e. The first kappa shape index (κ1) is 15.8. The van der Waals surface area contributed by atoms with E-state index >= 15 is 0 Å². The molecule has 0 bridgehead atoms. The number of ether oxygens (including phenoxy) is 1. The van der Waals surface area contributed by atoms with Crippen molar-refractivity contribution in [1.82, 2.24) is 0 Å². The molecule has 7 heteroatoms. The van der Waals surface area contributed by atoms with Gasteiger partial charge in [-0.05, 0) is 42.0 Å². The van der Waals surface area contributed by atoms with E-state index in [1.807, 2.05) is 6.07 Å². The highest BCUT2D eigenvalue weighted by molar-refractivity contribution is 6.04. The Morgan fingerprint density at radius 1 is 1.14 bits per heavy atom. The van der Waals surface area contributed by atoms with Gasteiger partial charge in [0.15, 0.2) is 0 Å². The first-order chi connectivity index (χ1) is 10.4. The summed E-state index contributed by atoms with van der Waals surface area (Å²) in [5.74, 6) is -0.818. The van der Waals surface area contributed by atoms with Crippen LogP contribution < -0.4 is 15.8 Å². The van der Waals surface area contributed by atoms with Gasteiger partial charge < -0.3 is 15.8 Å². The number of anilines is 1. The zero-order chi connectivity index (χ0) is 16.2. The Balaban J connectivity index is 2.06. The second-order valence-electron chi connectivity index (χ2n) is 4.43. The molecular formula is C15H13F3N2O2. The molecule has 22 heavy (non-hydrogen) atoms. The fourth-order valence-electron chi connectivity index (χ4n) is 1.79. The van der Waals surface area contributed by atoms with Gasteiger partial charge in [-0.3, -0.25) is 4.79 Å². The van der Waals surface area contributed by atoms with Crippen molar-refractivity contribution in [2.75, 3.05) is 5.32 Å². The maximum absolute atomic E-state index is 12.0. The Bertz CT molecular complexity index is 655. The Morgan fingerprint density at radius 2 is 1.82 bits per heavy atom. The van der Waals surface area contributed by atoms with Crippen molar-refractivity contribution >= 4 is 11.6 Å². The summed E-state index contributed by atoms with van der Waals surface area (Å²) < 4.78 is 39.9. The summed E-state index contributed by atoms with van der Waals surface area (Å²) in [6, 6.07) is 11.7. The van der Waals surface area contributed by atoms with Gasteiger partial charge in [0.25, 0.3) is 5.91 Å². The molecule has 0 aliphatic heterocycles. The molecule has 2 aromatic carbocycles. The third kappa shape index (κ3) is 4.49. The van der Waals surface area contributed by atoms with Crippen LogP contribution in [0.5, 0.6) is 5.75 Å². The summed E-state index contributed by atoms with van der Waals surface area (Å²) in [5, 5.41) is 2.64. The molecule has 3 N–H and O–H groups in total. The minimum atomic E-state index is -4.76. The summed E-state index contributed by atoms with van der Waals surface area (Å²) in [4.78, 5) is 12.0. The number of alkyl halides is 3. The van der Waals surface area contributed by atoms with Crippen LogP contribution >= 0.6 is 0 Å². The number of hydrogen-bond donors (Lipinski definition) is 2. The molecule has 2 rings (SSSR count). The van der Waals surface area contributed by atoms with Gasteiger partial charge in [-0.2, -0.15) is 0 Å². The molecule has 0 aliphatic carbocycles. The van der Waals surface area contributed by atoms with E-state index in [9.17, 15) is 18.0 Å². The smallest absolute Gasteiger partial charge is 0.406 e. The summed E-state index contributed by atoms with van der Waals surface area (Å²) in [7, 11) is 0. The van der Waals surface area contributed by atoms with Crippen LogP contribution in [0.1, 0.15) is 15.9 Å². The Hall–Kier alpha value is -2.54. The van der Waals surface area contributed by atoms with E-state index in [2.05, 4.69) is 10.1 Å². The second kappa shape index (κ2) is 6.48. The molecule has 0 spiro atoms. The zero-order valence-corrected chi connectivity index (χ0v) is 11.4. The van der Waals surface area contributed by atoms with E-state index in [-0.39, 0.29) is 11.3 Å². The number of nitrogens with two attached hydrogens (primary N) is 1. The highest BCUT2D eigenvalue weighted by Crippen LogP contribution is 2.23. The molecule has 0 radical (unpaired) electrons. The van der Waals surface area contributed by atoms with Crippen LogP contribution in [0.2, 0.25) is 0 Å². The fourth-order valence-corrected chi connectivity index (χ4v) is 1.79. The van der Waals surface area contributed by atoms with Gasteiger partial charge in [-0.25, -0.2) is 0 Å². The number of rotatable bonds is 4. The van der Waals surface area contributed by atoms with Gasteiger partial charge in [0.1, 0.15) is 5.75 Å². The van der Waals surface area contributed by atoms with E-state index in [1.54, 1.807) is 18.2 Å². The lowest BCUT2D eigenvalue weighted by Gasteiger charge is -2.10. The van der Waals surface area contributed by atoms with Gasteiger partial charge in [0, 0.05) is 17.8 Å². The molecule has 0 atom stereocenters. The summed E-state index contributed by atoms with van der Waals surface area (Å²) in [6.07, 6.45) is -4.76. The maximum atomic E-state index is 12.0. The van der Waals surface area contributed by atoms with Crippen molar-refractivity contribution in [3.05, 3.63) is 59.7 Å². The van der Waals surface area contributed by atoms with E-state index in [0.29, 0.717) is 12.2 Å². The summed E-state index contributed by atoms with van der Waals surface area (Å²) in [6.45, 7) is 0.340. The number of halogens is 3. The van der Waals surface area contributed by atoms with E-state index in [0.717, 1.165) is 17.7 Å². The molecule has 1 amide bonds. The minimum Gasteiger partial charge on any atom is -0.406 e. The van der Waals surface area contributed by atoms with Crippen molar-refractivity contribution in [3.8, 4) is 5.75 Å². The Morgan fingerprint density at radius 3 is 2.41 bits per heavy atom. The minimum absolute atomic E-state index is 0.215. The number of amides is 1. The van der Waals surface area contributed by atoms with Crippen molar-refractivity contribution in [3.63, 3.8) is 0 Å². The molecule has 0 aliphatic rings.